The predicted molar refractivity (Wildman–Crippen MR) is 67.9 cm³/mol. The van der Waals surface area contributed by atoms with Crippen molar-refractivity contribution in [2.45, 2.75) is 52.2 Å². The number of aromatic nitrogens is 1. The molecule has 0 amide bonds. The smallest absolute Gasteiger partial charge is 0.211 e. The lowest BCUT2D eigenvalue weighted by atomic mass is 9.97. The standard InChI is InChI=1S/C13H23N3O/c1-9-6-15-13(4,5)8-16(9)11(3)12-14-7-10(2)17-12/h7,9,11,15H,6,8H2,1-5H3. The molecule has 2 atom stereocenters. The largest absolute Gasteiger partial charge is 0.444 e. The Balaban J connectivity index is 2.14. The summed E-state index contributed by atoms with van der Waals surface area (Å²) < 4.78 is 5.64. The molecular formula is C13H23N3O. The molecule has 2 rings (SSSR count). The van der Waals surface area contributed by atoms with Crippen molar-refractivity contribution in [2.75, 3.05) is 13.1 Å². The zero-order valence-corrected chi connectivity index (χ0v) is 11.4. The van der Waals surface area contributed by atoms with Crippen LogP contribution < -0.4 is 5.32 Å². The van der Waals surface area contributed by atoms with E-state index in [4.69, 9.17) is 4.42 Å². The Morgan fingerprint density at radius 2 is 2.29 bits per heavy atom. The highest BCUT2D eigenvalue weighted by Crippen LogP contribution is 2.26. The molecule has 1 aliphatic heterocycles. The van der Waals surface area contributed by atoms with Crippen LogP contribution in [0.2, 0.25) is 0 Å². The first kappa shape index (κ1) is 12.6. The summed E-state index contributed by atoms with van der Waals surface area (Å²) in [5.41, 5.74) is 0.155. The fraction of sp³-hybridized carbons (Fsp3) is 0.769. The van der Waals surface area contributed by atoms with Crippen LogP contribution in [0.5, 0.6) is 0 Å². The summed E-state index contributed by atoms with van der Waals surface area (Å²) in [5.74, 6) is 1.71. The SMILES string of the molecule is Cc1cnc(C(C)N2CC(C)(C)NCC2C)o1. The maximum absolute atomic E-state index is 5.64. The van der Waals surface area contributed by atoms with Crippen molar-refractivity contribution in [3.63, 3.8) is 0 Å². The zero-order chi connectivity index (χ0) is 12.6. The monoisotopic (exact) mass is 237 g/mol. The van der Waals surface area contributed by atoms with Crippen molar-refractivity contribution in [1.29, 1.82) is 0 Å². The van der Waals surface area contributed by atoms with E-state index in [0.29, 0.717) is 6.04 Å². The van der Waals surface area contributed by atoms with Crippen LogP contribution in [-0.2, 0) is 0 Å². The van der Waals surface area contributed by atoms with E-state index in [2.05, 4.69) is 42.9 Å². The molecule has 1 saturated heterocycles. The molecule has 0 aromatic carbocycles. The summed E-state index contributed by atoms with van der Waals surface area (Å²) in [5, 5.41) is 3.56. The Morgan fingerprint density at radius 1 is 1.59 bits per heavy atom. The molecule has 1 aliphatic rings. The highest BCUT2D eigenvalue weighted by Gasteiger charge is 2.34. The normalized spacial score (nSPS) is 27.0. The van der Waals surface area contributed by atoms with Crippen molar-refractivity contribution in [3.05, 3.63) is 17.8 Å². The van der Waals surface area contributed by atoms with Gasteiger partial charge in [0.2, 0.25) is 5.89 Å². The van der Waals surface area contributed by atoms with E-state index in [-0.39, 0.29) is 11.6 Å². The lowest BCUT2D eigenvalue weighted by Gasteiger charge is -2.45. The molecule has 0 bridgehead atoms. The quantitative estimate of drug-likeness (QED) is 0.855. The second-order valence-electron chi connectivity index (χ2n) is 5.77. The molecule has 1 fully saturated rings. The Morgan fingerprint density at radius 3 is 2.88 bits per heavy atom. The molecule has 4 nitrogen and oxygen atoms in total. The first-order chi connectivity index (χ1) is 7.89. The fourth-order valence-corrected chi connectivity index (χ4v) is 2.44. The molecule has 4 heteroatoms. The minimum Gasteiger partial charge on any atom is -0.444 e. The summed E-state index contributed by atoms with van der Waals surface area (Å²) in [6.45, 7) is 12.8. The van der Waals surface area contributed by atoms with E-state index >= 15 is 0 Å². The second kappa shape index (κ2) is 4.42. The van der Waals surface area contributed by atoms with E-state index in [0.717, 1.165) is 24.7 Å². The lowest BCUT2D eigenvalue weighted by Crippen LogP contribution is -2.61. The van der Waals surface area contributed by atoms with Gasteiger partial charge in [-0.2, -0.15) is 0 Å². The zero-order valence-electron chi connectivity index (χ0n) is 11.4. The van der Waals surface area contributed by atoms with Gasteiger partial charge in [-0.3, -0.25) is 4.90 Å². The molecule has 1 aromatic rings. The number of hydrogen-bond acceptors (Lipinski definition) is 4. The van der Waals surface area contributed by atoms with Crippen molar-refractivity contribution in [3.8, 4) is 0 Å². The molecule has 0 spiro atoms. The number of aryl methyl sites for hydroxylation is 1. The maximum atomic E-state index is 5.64. The number of nitrogens with zero attached hydrogens (tertiary/aromatic N) is 2. The Labute approximate surface area is 103 Å². The molecule has 2 heterocycles. The number of rotatable bonds is 2. The van der Waals surface area contributed by atoms with E-state index in [9.17, 15) is 0 Å². The molecule has 0 aliphatic carbocycles. The Bertz CT molecular complexity index is 386. The molecule has 1 N–H and O–H groups in total. The van der Waals surface area contributed by atoms with E-state index < -0.39 is 0 Å². The number of piperazine rings is 1. The van der Waals surface area contributed by atoms with Crippen LogP contribution in [0.1, 0.15) is 45.4 Å². The number of hydrogen-bond donors (Lipinski definition) is 1. The first-order valence-electron chi connectivity index (χ1n) is 6.32. The molecule has 17 heavy (non-hydrogen) atoms. The van der Waals surface area contributed by atoms with Crippen molar-refractivity contribution < 1.29 is 4.42 Å². The van der Waals surface area contributed by atoms with Crippen molar-refractivity contribution >= 4 is 0 Å². The molecular weight excluding hydrogens is 214 g/mol. The molecule has 1 aromatic heterocycles. The van der Waals surface area contributed by atoms with Crippen LogP contribution in [0.4, 0.5) is 0 Å². The number of oxazole rings is 1. The van der Waals surface area contributed by atoms with Crippen molar-refractivity contribution in [2.24, 2.45) is 0 Å². The van der Waals surface area contributed by atoms with Gasteiger partial charge in [0.05, 0.1) is 12.2 Å². The van der Waals surface area contributed by atoms with Gasteiger partial charge in [-0.25, -0.2) is 4.98 Å². The van der Waals surface area contributed by atoms with Crippen LogP contribution in [0, 0.1) is 6.92 Å². The highest BCUT2D eigenvalue weighted by molar-refractivity contribution is 5.00. The minimum atomic E-state index is 0.155. The van der Waals surface area contributed by atoms with Gasteiger partial charge in [0.1, 0.15) is 5.76 Å². The van der Waals surface area contributed by atoms with Gasteiger partial charge < -0.3 is 9.73 Å². The fourth-order valence-electron chi connectivity index (χ4n) is 2.44. The van der Waals surface area contributed by atoms with Gasteiger partial charge in [0.25, 0.3) is 0 Å². The summed E-state index contributed by atoms with van der Waals surface area (Å²) in [6.07, 6.45) is 1.80. The average molecular weight is 237 g/mol. The summed E-state index contributed by atoms with van der Waals surface area (Å²) in [7, 11) is 0. The minimum absolute atomic E-state index is 0.155. The lowest BCUT2D eigenvalue weighted by molar-refractivity contribution is 0.0576. The molecule has 2 unspecified atom stereocenters. The molecule has 0 radical (unpaired) electrons. The first-order valence-corrected chi connectivity index (χ1v) is 6.32. The van der Waals surface area contributed by atoms with Gasteiger partial charge in [0, 0.05) is 24.7 Å². The van der Waals surface area contributed by atoms with E-state index in [1.807, 2.05) is 6.92 Å². The third kappa shape index (κ3) is 2.69. The highest BCUT2D eigenvalue weighted by atomic mass is 16.4. The summed E-state index contributed by atoms with van der Waals surface area (Å²) in [4.78, 5) is 6.80. The number of nitrogens with one attached hydrogen (secondary N) is 1. The predicted octanol–water partition coefficient (Wildman–Crippen LogP) is 2.12. The van der Waals surface area contributed by atoms with Gasteiger partial charge in [0.15, 0.2) is 0 Å². The van der Waals surface area contributed by atoms with E-state index in [1.165, 1.54) is 0 Å². The summed E-state index contributed by atoms with van der Waals surface area (Å²) in [6, 6.07) is 0.741. The average Bonchev–Trinajstić information content (AvgIpc) is 2.68. The van der Waals surface area contributed by atoms with Crippen LogP contribution in [-0.4, -0.2) is 34.6 Å². The Kier molecular flexibility index (Phi) is 3.27. The topological polar surface area (TPSA) is 41.3 Å². The van der Waals surface area contributed by atoms with Gasteiger partial charge in [-0.1, -0.05) is 0 Å². The van der Waals surface area contributed by atoms with Gasteiger partial charge in [-0.15, -0.1) is 0 Å². The maximum Gasteiger partial charge on any atom is 0.211 e. The van der Waals surface area contributed by atoms with E-state index in [1.54, 1.807) is 6.20 Å². The second-order valence-corrected chi connectivity index (χ2v) is 5.77. The van der Waals surface area contributed by atoms with Crippen molar-refractivity contribution in [1.82, 2.24) is 15.2 Å². The van der Waals surface area contributed by atoms with Crippen LogP contribution in [0.25, 0.3) is 0 Å². The molecule has 96 valence electrons. The van der Waals surface area contributed by atoms with Crippen LogP contribution >= 0.6 is 0 Å². The van der Waals surface area contributed by atoms with Gasteiger partial charge in [-0.05, 0) is 34.6 Å². The van der Waals surface area contributed by atoms with Crippen LogP contribution in [0.15, 0.2) is 10.6 Å². The Hall–Kier alpha value is -0.870. The van der Waals surface area contributed by atoms with Crippen LogP contribution in [0.3, 0.4) is 0 Å². The third-order valence-corrected chi connectivity index (χ3v) is 3.51. The summed E-state index contributed by atoms with van der Waals surface area (Å²) >= 11 is 0. The third-order valence-electron chi connectivity index (χ3n) is 3.51. The van der Waals surface area contributed by atoms with Gasteiger partial charge >= 0.3 is 0 Å². The molecule has 0 saturated carbocycles.